The summed E-state index contributed by atoms with van der Waals surface area (Å²) in [5.41, 5.74) is -1.09. The van der Waals surface area contributed by atoms with Crippen LogP contribution in [0.5, 0.6) is 0 Å². The van der Waals surface area contributed by atoms with E-state index in [2.05, 4.69) is 0 Å². The fourth-order valence-electron chi connectivity index (χ4n) is 1.34. The quantitative estimate of drug-likeness (QED) is 0.915. The standard InChI is InChI=1S/C10H10F3NO4S/c1-19(17,18)14(6-9(15)16)8-4-2-7(3-5-8)10(11,12)13/h2-5H,6H2,1H3,(H,15,16). The first kappa shape index (κ1) is 15.3. The summed E-state index contributed by atoms with van der Waals surface area (Å²) in [6, 6.07) is 3.20. The van der Waals surface area contributed by atoms with Crippen molar-refractivity contribution in [3.8, 4) is 0 Å². The molecule has 0 fully saturated rings. The monoisotopic (exact) mass is 297 g/mol. The molecule has 19 heavy (non-hydrogen) atoms. The number of sulfonamides is 1. The van der Waals surface area contributed by atoms with E-state index in [0.29, 0.717) is 16.4 Å². The molecule has 0 bridgehead atoms. The third-order valence-corrected chi connectivity index (χ3v) is 3.30. The number of rotatable bonds is 4. The Morgan fingerprint density at radius 2 is 1.74 bits per heavy atom. The largest absolute Gasteiger partial charge is 0.480 e. The normalized spacial score (nSPS) is 12.2. The van der Waals surface area contributed by atoms with Crippen LogP contribution in [-0.2, 0) is 21.0 Å². The van der Waals surface area contributed by atoms with Crippen LogP contribution >= 0.6 is 0 Å². The maximum Gasteiger partial charge on any atom is 0.416 e. The summed E-state index contributed by atoms with van der Waals surface area (Å²) < 4.78 is 60.3. The topological polar surface area (TPSA) is 74.7 Å². The van der Waals surface area contributed by atoms with Crippen molar-refractivity contribution in [2.75, 3.05) is 17.1 Å². The van der Waals surface area contributed by atoms with Crippen LogP contribution in [0.25, 0.3) is 0 Å². The van der Waals surface area contributed by atoms with E-state index >= 15 is 0 Å². The molecule has 0 radical (unpaired) electrons. The lowest BCUT2D eigenvalue weighted by Crippen LogP contribution is -2.34. The third kappa shape index (κ3) is 4.12. The summed E-state index contributed by atoms with van der Waals surface area (Å²) in [5, 5.41) is 8.61. The summed E-state index contributed by atoms with van der Waals surface area (Å²) in [7, 11) is -3.89. The molecule has 0 unspecified atom stereocenters. The second-order valence-electron chi connectivity index (χ2n) is 3.71. The maximum atomic E-state index is 12.3. The lowest BCUT2D eigenvalue weighted by molar-refractivity contribution is -0.138. The van der Waals surface area contributed by atoms with Gasteiger partial charge in [0.15, 0.2) is 0 Å². The molecule has 0 aliphatic heterocycles. The van der Waals surface area contributed by atoms with Crippen molar-refractivity contribution in [2.24, 2.45) is 0 Å². The van der Waals surface area contributed by atoms with Crippen molar-refractivity contribution in [1.82, 2.24) is 0 Å². The molecule has 0 aliphatic rings. The molecule has 0 aromatic heterocycles. The minimum atomic E-state index is -4.54. The van der Waals surface area contributed by atoms with Crippen LogP contribution in [0, 0.1) is 0 Å². The average molecular weight is 297 g/mol. The van der Waals surface area contributed by atoms with Gasteiger partial charge in [-0.2, -0.15) is 13.2 Å². The Morgan fingerprint density at radius 1 is 1.26 bits per heavy atom. The van der Waals surface area contributed by atoms with E-state index in [-0.39, 0.29) is 5.69 Å². The molecule has 0 amide bonds. The van der Waals surface area contributed by atoms with Gasteiger partial charge in [-0.25, -0.2) is 8.42 Å². The fraction of sp³-hybridized carbons (Fsp3) is 0.300. The first-order valence-electron chi connectivity index (χ1n) is 4.88. The van der Waals surface area contributed by atoms with Crippen LogP contribution < -0.4 is 4.31 Å². The van der Waals surface area contributed by atoms with E-state index in [0.717, 1.165) is 18.4 Å². The van der Waals surface area contributed by atoms with Gasteiger partial charge in [-0.3, -0.25) is 9.10 Å². The molecule has 0 aliphatic carbocycles. The molecule has 0 atom stereocenters. The Balaban J connectivity index is 3.15. The van der Waals surface area contributed by atoms with Crippen molar-refractivity contribution in [1.29, 1.82) is 0 Å². The molecule has 0 heterocycles. The highest BCUT2D eigenvalue weighted by Crippen LogP contribution is 2.30. The zero-order valence-corrected chi connectivity index (χ0v) is 10.5. The van der Waals surface area contributed by atoms with Crippen LogP contribution in [-0.4, -0.2) is 32.3 Å². The van der Waals surface area contributed by atoms with Gasteiger partial charge in [0.1, 0.15) is 6.54 Å². The van der Waals surface area contributed by atoms with E-state index in [1.807, 2.05) is 0 Å². The third-order valence-electron chi connectivity index (χ3n) is 2.16. The van der Waals surface area contributed by atoms with Crippen LogP contribution in [0.1, 0.15) is 5.56 Å². The van der Waals surface area contributed by atoms with Crippen molar-refractivity contribution < 1.29 is 31.5 Å². The van der Waals surface area contributed by atoms with E-state index in [4.69, 9.17) is 5.11 Å². The van der Waals surface area contributed by atoms with Gasteiger partial charge in [0.25, 0.3) is 0 Å². The molecule has 0 saturated carbocycles. The molecule has 1 rings (SSSR count). The average Bonchev–Trinajstić information content (AvgIpc) is 2.23. The first-order chi connectivity index (χ1) is 8.51. The molecule has 5 nitrogen and oxygen atoms in total. The van der Waals surface area contributed by atoms with Gasteiger partial charge >= 0.3 is 12.1 Å². The zero-order valence-electron chi connectivity index (χ0n) is 9.68. The number of aliphatic carboxylic acids is 1. The lowest BCUT2D eigenvalue weighted by Gasteiger charge is -2.20. The van der Waals surface area contributed by atoms with Gasteiger partial charge < -0.3 is 5.11 Å². The number of alkyl halides is 3. The Labute approximate surface area is 107 Å². The number of anilines is 1. The predicted octanol–water partition coefficient (Wildman–Crippen LogP) is 1.56. The Hall–Kier alpha value is -1.77. The van der Waals surface area contributed by atoms with Gasteiger partial charge in [0, 0.05) is 0 Å². The zero-order chi connectivity index (χ0) is 14.8. The minimum absolute atomic E-state index is 0.141. The van der Waals surface area contributed by atoms with Crippen LogP contribution in [0.15, 0.2) is 24.3 Å². The summed E-state index contributed by atoms with van der Waals surface area (Å²) in [6.07, 6.45) is -3.77. The van der Waals surface area contributed by atoms with Crippen molar-refractivity contribution in [3.05, 3.63) is 29.8 Å². The van der Waals surface area contributed by atoms with E-state index in [1.54, 1.807) is 0 Å². The summed E-state index contributed by atoms with van der Waals surface area (Å²) in [6.45, 7) is -0.857. The fourth-order valence-corrected chi connectivity index (χ4v) is 2.19. The summed E-state index contributed by atoms with van der Waals surface area (Å²) >= 11 is 0. The molecule has 1 aromatic carbocycles. The molecule has 1 aromatic rings. The van der Waals surface area contributed by atoms with Crippen LogP contribution in [0.4, 0.5) is 18.9 Å². The number of halogens is 3. The van der Waals surface area contributed by atoms with Crippen molar-refractivity contribution >= 4 is 21.7 Å². The van der Waals surface area contributed by atoms with Gasteiger partial charge in [-0.05, 0) is 24.3 Å². The predicted molar refractivity (Wildman–Crippen MR) is 61.3 cm³/mol. The van der Waals surface area contributed by atoms with E-state index in [1.165, 1.54) is 0 Å². The number of hydrogen-bond acceptors (Lipinski definition) is 3. The van der Waals surface area contributed by atoms with Gasteiger partial charge in [-0.1, -0.05) is 0 Å². The number of carbonyl (C=O) groups is 1. The summed E-state index contributed by atoms with van der Waals surface area (Å²) in [4.78, 5) is 10.6. The minimum Gasteiger partial charge on any atom is -0.480 e. The SMILES string of the molecule is CS(=O)(=O)N(CC(=O)O)c1ccc(C(F)(F)F)cc1. The second-order valence-corrected chi connectivity index (χ2v) is 5.61. The second kappa shape index (κ2) is 5.08. The number of hydrogen-bond donors (Lipinski definition) is 1. The smallest absolute Gasteiger partial charge is 0.416 e. The molecule has 9 heteroatoms. The van der Waals surface area contributed by atoms with Crippen molar-refractivity contribution in [3.63, 3.8) is 0 Å². The Kier molecular flexibility index (Phi) is 4.09. The van der Waals surface area contributed by atoms with Gasteiger partial charge in [-0.15, -0.1) is 0 Å². The molecular formula is C10H10F3NO4S. The lowest BCUT2D eigenvalue weighted by atomic mass is 10.2. The van der Waals surface area contributed by atoms with E-state index in [9.17, 15) is 26.4 Å². The molecule has 106 valence electrons. The van der Waals surface area contributed by atoms with Crippen molar-refractivity contribution in [2.45, 2.75) is 6.18 Å². The number of nitrogens with zero attached hydrogens (tertiary/aromatic N) is 1. The van der Waals surface area contributed by atoms with E-state index < -0.39 is 34.3 Å². The highest BCUT2D eigenvalue weighted by atomic mass is 32.2. The van der Waals surface area contributed by atoms with Gasteiger partial charge in [0.2, 0.25) is 10.0 Å². The molecule has 0 spiro atoms. The maximum absolute atomic E-state index is 12.3. The van der Waals surface area contributed by atoms with Crippen LogP contribution in [0.3, 0.4) is 0 Å². The number of benzene rings is 1. The first-order valence-corrected chi connectivity index (χ1v) is 6.73. The highest BCUT2D eigenvalue weighted by Gasteiger charge is 2.30. The molecule has 1 N–H and O–H groups in total. The summed E-state index contributed by atoms with van der Waals surface area (Å²) in [5.74, 6) is -1.41. The van der Waals surface area contributed by atoms with Crippen LogP contribution in [0.2, 0.25) is 0 Å². The highest BCUT2D eigenvalue weighted by molar-refractivity contribution is 7.92. The number of carboxylic acid groups (broad SMARTS) is 1. The Bertz CT molecular complexity index is 565. The number of carboxylic acids is 1. The molecular weight excluding hydrogens is 287 g/mol. The van der Waals surface area contributed by atoms with Gasteiger partial charge in [0.05, 0.1) is 17.5 Å². The molecule has 0 saturated heterocycles. The Morgan fingerprint density at radius 3 is 2.05 bits per heavy atom.